The molecule has 0 amide bonds. The van der Waals surface area contributed by atoms with Crippen LogP contribution in [0.5, 0.6) is 0 Å². The highest BCUT2D eigenvalue weighted by Crippen LogP contribution is 2.36. The molecule has 0 atom stereocenters. The maximum atomic E-state index is 12.8. The minimum absolute atomic E-state index is 0.124. The molecular weight excluding hydrogens is 275 g/mol. The van der Waals surface area contributed by atoms with E-state index in [0.29, 0.717) is 0 Å². The Morgan fingerprint density at radius 1 is 1.30 bits per heavy atom. The number of benzene rings is 1. The first-order valence-electron chi connectivity index (χ1n) is 5.47. The van der Waals surface area contributed by atoms with Gasteiger partial charge in [0.1, 0.15) is 5.71 Å². The van der Waals surface area contributed by atoms with Gasteiger partial charge >= 0.3 is 11.9 Å². The highest BCUT2D eigenvalue weighted by atomic mass is 19.4. The minimum atomic E-state index is -4.59. The maximum Gasteiger partial charge on any atom is 0.418 e. The first-order valence-corrected chi connectivity index (χ1v) is 5.47. The second-order valence-electron chi connectivity index (χ2n) is 4.00. The molecule has 0 saturated heterocycles. The van der Waals surface area contributed by atoms with Crippen LogP contribution in [-0.4, -0.2) is 10.6 Å². The van der Waals surface area contributed by atoms with Crippen molar-refractivity contribution in [3.8, 4) is 0 Å². The average Bonchev–Trinajstić information content (AvgIpc) is 2.26. The molecule has 0 aromatic heterocycles. The largest absolute Gasteiger partial charge is 0.418 e. The number of hydrogen-bond donors (Lipinski definition) is 1. The zero-order valence-corrected chi connectivity index (χ0v) is 10.7. The number of hydrogen-bond acceptors (Lipinski definition) is 4. The molecule has 0 fully saturated rings. The minimum Gasteiger partial charge on any atom is -0.397 e. The summed E-state index contributed by atoms with van der Waals surface area (Å²) in [5.74, 6) is 0. The summed E-state index contributed by atoms with van der Waals surface area (Å²) < 4.78 is 38.3. The lowest BCUT2D eigenvalue weighted by atomic mass is 10.1. The molecule has 108 valence electrons. The monoisotopic (exact) mass is 287 g/mol. The molecule has 1 rings (SSSR count). The lowest BCUT2D eigenvalue weighted by molar-refractivity contribution is -0.416. The molecule has 0 aliphatic rings. The lowest BCUT2D eigenvalue weighted by Gasteiger charge is -2.09. The predicted octanol–water partition coefficient (Wildman–Crippen LogP) is 3.26. The zero-order valence-electron chi connectivity index (χ0n) is 10.7. The zero-order chi connectivity index (χ0) is 15.5. The first-order chi connectivity index (χ1) is 9.14. The molecule has 0 unspecified atom stereocenters. The summed E-state index contributed by atoms with van der Waals surface area (Å²) in [4.78, 5) is 13.7. The average molecular weight is 287 g/mol. The fourth-order valence-corrected chi connectivity index (χ4v) is 1.61. The van der Waals surface area contributed by atoms with Crippen LogP contribution in [0.25, 0.3) is 0 Å². The molecule has 20 heavy (non-hydrogen) atoms. The van der Waals surface area contributed by atoms with Gasteiger partial charge in [0, 0.05) is 0 Å². The summed E-state index contributed by atoms with van der Waals surface area (Å²) in [5, 5.41) is 10.8. The summed E-state index contributed by atoms with van der Waals surface area (Å²) >= 11 is 0. The highest BCUT2D eigenvalue weighted by molar-refractivity contribution is 5.98. The number of aliphatic imine (C=N–C) groups is 1. The molecule has 2 N–H and O–H groups in total. The molecule has 0 saturated carbocycles. The Balaban J connectivity index is 3.38. The van der Waals surface area contributed by atoms with Crippen LogP contribution in [0.2, 0.25) is 0 Å². The van der Waals surface area contributed by atoms with Crippen molar-refractivity contribution in [3.63, 3.8) is 0 Å². The Kier molecular flexibility index (Phi) is 4.49. The van der Waals surface area contributed by atoms with Gasteiger partial charge in [-0.05, 0) is 26.0 Å². The van der Waals surface area contributed by atoms with E-state index >= 15 is 0 Å². The van der Waals surface area contributed by atoms with E-state index in [9.17, 15) is 23.3 Å². The fraction of sp³-hybridized carbons (Fsp3) is 0.250. The molecular formula is C12H12F3N3O2. The molecule has 5 nitrogen and oxygen atoms in total. The molecule has 0 aliphatic carbocycles. The van der Waals surface area contributed by atoms with Gasteiger partial charge in [-0.25, -0.2) is 4.99 Å². The summed E-state index contributed by atoms with van der Waals surface area (Å²) in [7, 11) is 0. The van der Waals surface area contributed by atoms with Crippen molar-refractivity contribution in [1.29, 1.82) is 0 Å². The van der Waals surface area contributed by atoms with E-state index < -0.39 is 28.0 Å². The molecule has 8 heteroatoms. The maximum absolute atomic E-state index is 12.8. The van der Waals surface area contributed by atoms with Crippen LogP contribution >= 0.6 is 0 Å². The second-order valence-corrected chi connectivity index (χ2v) is 4.00. The van der Waals surface area contributed by atoms with Crippen LogP contribution in [0.1, 0.15) is 19.4 Å². The Bertz CT molecular complexity index is 588. The third kappa shape index (κ3) is 3.56. The summed E-state index contributed by atoms with van der Waals surface area (Å²) in [5.41, 5.74) is 3.19. The molecule has 1 aromatic carbocycles. The van der Waals surface area contributed by atoms with Crippen molar-refractivity contribution in [2.45, 2.75) is 20.0 Å². The van der Waals surface area contributed by atoms with Gasteiger partial charge in [0.15, 0.2) is 0 Å². The van der Waals surface area contributed by atoms with Crippen molar-refractivity contribution in [3.05, 3.63) is 51.3 Å². The van der Waals surface area contributed by atoms with Gasteiger partial charge in [-0.1, -0.05) is 12.1 Å². The number of nitrogens with zero attached hydrogens (tertiary/aromatic N) is 2. The molecule has 1 aromatic rings. The number of para-hydroxylation sites is 1. The number of rotatable bonds is 3. The van der Waals surface area contributed by atoms with E-state index in [0.717, 1.165) is 12.1 Å². The number of alkyl halides is 3. The number of nitro groups is 1. The summed E-state index contributed by atoms with van der Waals surface area (Å²) in [6.07, 6.45) is -4.59. The van der Waals surface area contributed by atoms with Crippen molar-refractivity contribution in [2.24, 2.45) is 10.7 Å². The van der Waals surface area contributed by atoms with Gasteiger partial charge in [-0.3, -0.25) is 10.1 Å². The molecule has 0 aliphatic heterocycles. The van der Waals surface area contributed by atoms with Gasteiger partial charge in [0.25, 0.3) is 0 Å². The van der Waals surface area contributed by atoms with E-state index in [-0.39, 0.29) is 11.4 Å². The second kappa shape index (κ2) is 5.72. The summed E-state index contributed by atoms with van der Waals surface area (Å²) in [6, 6.07) is 4.58. The molecule has 0 radical (unpaired) electrons. The van der Waals surface area contributed by atoms with Crippen LogP contribution in [0.15, 0.2) is 40.7 Å². The standard InChI is InChI=1S/C12H12F3N3O2/c1-7(16)11(18(19)20)8(2)17-10-6-4-3-5-9(10)12(13,14)15/h3-6H,16H2,1-2H3. The van der Waals surface area contributed by atoms with Gasteiger partial charge < -0.3 is 5.73 Å². The highest BCUT2D eigenvalue weighted by Gasteiger charge is 2.33. The molecule has 0 spiro atoms. The Morgan fingerprint density at radius 3 is 2.30 bits per heavy atom. The van der Waals surface area contributed by atoms with Crippen LogP contribution in [0.4, 0.5) is 18.9 Å². The topological polar surface area (TPSA) is 81.5 Å². The SMILES string of the molecule is CC(=Nc1ccccc1C(F)(F)F)C(=C(C)N)[N+](=O)[O-]. The van der Waals surface area contributed by atoms with E-state index in [4.69, 9.17) is 5.73 Å². The third-order valence-corrected chi connectivity index (χ3v) is 2.40. The van der Waals surface area contributed by atoms with Crippen molar-refractivity contribution in [1.82, 2.24) is 0 Å². The number of halogens is 3. The smallest absolute Gasteiger partial charge is 0.397 e. The van der Waals surface area contributed by atoms with Crippen molar-refractivity contribution >= 4 is 11.4 Å². The quantitative estimate of drug-likeness (QED) is 0.526. The Morgan fingerprint density at radius 2 is 1.85 bits per heavy atom. The molecule has 0 bridgehead atoms. The van der Waals surface area contributed by atoms with E-state index in [1.807, 2.05) is 0 Å². The van der Waals surface area contributed by atoms with Crippen molar-refractivity contribution in [2.75, 3.05) is 0 Å². The van der Waals surface area contributed by atoms with Crippen LogP contribution in [-0.2, 0) is 6.18 Å². The van der Waals surface area contributed by atoms with Gasteiger partial charge in [-0.15, -0.1) is 0 Å². The predicted molar refractivity (Wildman–Crippen MR) is 68.1 cm³/mol. The van der Waals surface area contributed by atoms with Crippen LogP contribution in [0.3, 0.4) is 0 Å². The van der Waals surface area contributed by atoms with Crippen LogP contribution in [0, 0.1) is 10.1 Å². The molecule has 0 heterocycles. The Hall–Kier alpha value is -2.38. The summed E-state index contributed by atoms with van der Waals surface area (Å²) in [6.45, 7) is 2.52. The Labute approximate surface area is 112 Å². The van der Waals surface area contributed by atoms with E-state index in [1.54, 1.807) is 0 Å². The van der Waals surface area contributed by atoms with E-state index in [1.165, 1.54) is 26.0 Å². The van der Waals surface area contributed by atoms with Crippen molar-refractivity contribution < 1.29 is 18.1 Å². The number of allylic oxidation sites excluding steroid dienone is 2. The number of nitrogens with two attached hydrogens (primary N) is 1. The lowest BCUT2D eigenvalue weighted by Crippen LogP contribution is -2.14. The van der Waals surface area contributed by atoms with E-state index in [2.05, 4.69) is 4.99 Å². The van der Waals surface area contributed by atoms with Gasteiger partial charge in [0.05, 0.1) is 21.9 Å². The van der Waals surface area contributed by atoms with Crippen LogP contribution < -0.4 is 5.73 Å². The third-order valence-electron chi connectivity index (χ3n) is 2.40. The fourth-order valence-electron chi connectivity index (χ4n) is 1.61. The first kappa shape index (κ1) is 15.7. The van der Waals surface area contributed by atoms with Gasteiger partial charge in [-0.2, -0.15) is 13.2 Å². The van der Waals surface area contributed by atoms with Gasteiger partial charge in [0.2, 0.25) is 0 Å². The normalized spacial score (nSPS) is 13.9.